The molecule has 0 aliphatic carbocycles. The van der Waals surface area contributed by atoms with Crippen molar-refractivity contribution in [1.29, 1.82) is 0 Å². The van der Waals surface area contributed by atoms with E-state index >= 15 is 0 Å². The van der Waals surface area contributed by atoms with Crippen LogP contribution < -0.4 is 4.74 Å². The average Bonchev–Trinajstić information content (AvgIpc) is 3.25. The molecule has 12 heteroatoms. The molecular weight excluding hydrogens is 487 g/mol. The maximum atomic E-state index is 13.4. The van der Waals surface area contributed by atoms with Crippen molar-refractivity contribution in [3.63, 3.8) is 0 Å². The molecule has 4 rings (SSSR count). The number of aliphatic hydroxyl groups is 1. The van der Waals surface area contributed by atoms with Gasteiger partial charge in [0.15, 0.2) is 33.1 Å². The third-order valence-corrected chi connectivity index (χ3v) is 7.80. The average molecular weight is 513 g/mol. The summed E-state index contributed by atoms with van der Waals surface area (Å²) in [5, 5.41) is 17.8. The lowest BCUT2D eigenvalue weighted by Gasteiger charge is -2.20. The Bertz CT molecular complexity index is 1490. The largest absolute Gasteiger partial charge is 0.495 e. The van der Waals surface area contributed by atoms with Gasteiger partial charge in [0.05, 0.1) is 30.4 Å². The molecule has 0 radical (unpaired) electrons. The number of methoxy groups -OCH3 is 1. The fourth-order valence-corrected chi connectivity index (χ4v) is 5.11. The molecular formula is C24H25FN6O4S. The zero-order valence-corrected chi connectivity index (χ0v) is 20.9. The monoisotopic (exact) mass is 512 g/mol. The Labute approximate surface area is 207 Å². The third-order valence-electron chi connectivity index (χ3n) is 5.75. The Morgan fingerprint density at radius 3 is 2.50 bits per heavy atom. The number of para-hydroxylation sites is 1. The highest BCUT2D eigenvalue weighted by atomic mass is 32.2. The molecule has 36 heavy (non-hydrogen) atoms. The summed E-state index contributed by atoms with van der Waals surface area (Å²) in [5.41, 5.74) is 2.93. The van der Waals surface area contributed by atoms with Gasteiger partial charge < -0.3 is 9.84 Å². The zero-order chi connectivity index (χ0) is 26.0. The van der Waals surface area contributed by atoms with Crippen LogP contribution in [0.2, 0.25) is 0 Å². The molecule has 3 heterocycles. The fourth-order valence-electron chi connectivity index (χ4n) is 3.79. The van der Waals surface area contributed by atoms with Crippen LogP contribution in [0.4, 0.5) is 4.39 Å². The van der Waals surface area contributed by atoms with E-state index in [0.717, 1.165) is 23.5 Å². The van der Waals surface area contributed by atoms with Crippen LogP contribution in [0.1, 0.15) is 35.8 Å². The van der Waals surface area contributed by atoms with E-state index in [1.807, 2.05) is 32.0 Å². The zero-order valence-electron chi connectivity index (χ0n) is 20.1. The maximum Gasteiger partial charge on any atom is 0.170 e. The quantitative estimate of drug-likeness (QED) is 0.378. The summed E-state index contributed by atoms with van der Waals surface area (Å²) in [6.45, 7) is 5.09. The summed E-state index contributed by atoms with van der Waals surface area (Å²) in [6, 6.07) is 7.33. The van der Waals surface area contributed by atoms with Gasteiger partial charge in [-0.05, 0) is 44.0 Å². The fraction of sp³-hybridized carbons (Fsp3) is 0.292. The molecule has 1 aromatic carbocycles. The maximum absolute atomic E-state index is 13.4. The van der Waals surface area contributed by atoms with Gasteiger partial charge in [0.25, 0.3) is 0 Å². The standard InChI is InChI=1S/C24H25FN6O4S/c1-14-8-17(10-26-9-14)24-30-29-20(31(24)21-15(2)6-5-7-19(21)35-4)13-36(33,34)16(3)22(32)23-27-11-18(25)12-28-23/h5-12,16,22,32H,13H2,1-4H3/t16-,22+/m0/s1. The summed E-state index contributed by atoms with van der Waals surface area (Å²) < 4.78 is 47.2. The van der Waals surface area contributed by atoms with Gasteiger partial charge in [0.1, 0.15) is 17.6 Å². The van der Waals surface area contributed by atoms with Gasteiger partial charge in [0.2, 0.25) is 0 Å². The molecule has 0 saturated carbocycles. The van der Waals surface area contributed by atoms with Crippen molar-refractivity contribution in [3.8, 4) is 22.8 Å². The van der Waals surface area contributed by atoms with Crippen molar-refractivity contribution < 1.29 is 22.7 Å². The number of hydrogen-bond donors (Lipinski definition) is 1. The van der Waals surface area contributed by atoms with Gasteiger partial charge in [-0.3, -0.25) is 9.55 Å². The molecule has 0 fully saturated rings. The molecule has 10 nitrogen and oxygen atoms in total. The summed E-state index contributed by atoms with van der Waals surface area (Å²) in [4.78, 5) is 11.7. The van der Waals surface area contributed by atoms with Crippen molar-refractivity contribution in [2.75, 3.05) is 7.11 Å². The summed E-state index contributed by atoms with van der Waals surface area (Å²) in [6.07, 6.45) is 3.49. The molecule has 0 amide bonds. The minimum Gasteiger partial charge on any atom is -0.495 e. The highest BCUT2D eigenvalue weighted by Gasteiger charge is 2.34. The van der Waals surface area contributed by atoms with Gasteiger partial charge >= 0.3 is 0 Å². The minimum atomic E-state index is -4.01. The van der Waals surface area contributed by atoms with E-state index in [1.54, 1.807) is 23.0 Å². The lowest BCUT2D eigenvalue weighted by Crippen LogP contribution is -2.29. The number of rotatable bonds is 8. The van der Waals surface area contributed by atoms with Crippen molar-refractivity contribution in [3.05, 3.63) is 77.6 Å². The molecule has 0 aliphatic heterocycles. The van der Waals surface area contributed by atoms with Gasteiger partial charge in [-0.15, -0.1) is 10.2 Å². The van der Waals surface area contributed by atoms with E-state index in [2.05, 4.69) is 25.1 Å². The highest BCUT2D eigenvalue weighted by Crippen LogP contribution is 2.33. The molecule has 0 aliphatic rings. The highest BCUT2D eigenvalue weighted by molar-refractivity contribution is 7.91. The predicted octanol–water partition coefficient (Wildman–Crippen LogP) is 2.92. The Kier molecular flexibility index (Phi) is 7.09. The lowest BCUT2D eigenvalue weighted by atomic mass is 10.1. The van der Waals surface area contributed by atoms with Crippen LogP contribution in [0.5, 0.6) is 5.75 Å². The van der Waals surface area contributed by atoms with E-state index in [-0.39, 0.29) is 11.6 Å². The number of nitrogens with zero attached hydrogens (tertiary/aromatic N) is 6. The van der Waals surface area contributed by atoms with Crippen molar-refractivity contribution >= 4 is 9.84 Å². The van der Waals surface area contributed by atoms with Crippen LogP contribution in [0.25, 0.3) is 17.1 Å². The SMILES string of the molecule is COc1cccc(C)c1-n1c(CS(=O)(=O)[C@@H](C)[C@@H](O)c2ncc(F)cn2)nnc1-c1cncc(C)c1. The predicted molar refractivity (Wildman–Crippen MR) is 130 cm³/mol. The summed E-state index contributed by atoms with van der Waals surface area (Å²) >= 11 is 0. The number of hydrogen-bond acceptors (Lipinski definition) is 9. The normalized spacial score (nSPS) is 13.4. The number of ether oxygens (including phenoxy) is 1. The van der Waals surface area contributed by atoms with Crippen LogP contribution in [0.3, 0.4) is 0 Å². The van der Waals surface area contributed by atoms with Crippen LogP contribution in [0.15, 0.2) is 49.1 Å². The topological polar surface area (TPSA) is 133 Å². The number of benzene rings is 1. The first-order chi connectivity index (χ1) is 17.1. The Hall–Kier alpha value is -3.77. The molecule has 4 aromatic rings. The summed E-state index contributed by atoms with van der Waals surface area (Å²) in [7, 11) is -2.49. The number of aryl methyl sites for hydroxylation is 2. The van der Waals surface area contributed by atoms with Crippen LogP contribution in [-0.2, 0) is 15.6 Å². The third kappa shape index (κ3) is 4.95. The van der Waals surface area contributed by atoms with Gasteiger partial charge in [-0.1, -0.05) is 12.1 Å². The summed E-state index contributed by atoms with van der Waals surface area (Å²) in [5.74, 6) is -0.419. The van der Waals surface area contributed by atoms with E-state index in [4.69, 9.17) is 4.74 Å². The molecule has 1 N–H and O–H groups in total. The molecule has 188 valence electrons. The Balaban J connectivity index is 1.81. The molecule has 0 bridgehead atoms. The molecule has 2 atom stereocenters. The van der Waals surface area contributed by atoms with E-state index in [9.17, 15) is 17.9 Å². The first kappa shape index (κ1) is 25.3. The van der Waals surface area contributed by atoms with Gasteiger partial charge in [0, 0.05) is 18.0 Å². The minimum absolute atomic E-state index is 0.123. The number of aromatic nitrogens is 6. The van der Waals surface area contributed by atoms with Gasteiger partial charge in [-0.25, -0.2) is 22.8 Å². The smallest absolute Gasteiger partial charge is 0.170 e. The number of sulfone groups is 1. The number of aliphatic hydroxyl groups excluding tert-OH is 1. The van der Waals surface area contributed by atoms with Crippen molar-refractivity contribution in [2.24, 2.45) is 0 Å². The number of halogens is 1. The lowest BCUT2D eigenvalue weighted by molar-refractivity contribution is 0.165. The van der Waals surface area contributed by atoms with Crippen molar-refractivity contribution in [1.82, 2.24) is 29.7 Å². The second-order valence-electron chi connectivity index (χ2n) is 8.37. The van der Waals surface area contributed by atoms with Crippen LogP contribution >= 0.6 is 0 Å². The van der Waals surface area contributed by atoms with Gasteiger partial charge in [-0.2, -0.15) is 0 Å². The number of pyridine rings is 1. The molecule has 0 unspecified atom stereocenters. The second-order valence-corrected chi connectivity index (χ2v) is 10.7. The van der Waals surface area contributed by atoms with E-state index < -0.39 is 32.8 Å². The molecule has 0 saturated heterocycles. The first-order valence-electron chi connectivity index (χ1n) is 11.0. The Morgan fingerprint density at radius 2 is 1.83 bits per heavy atom. The van der Waals surface area contributed by atoms with Crippen LogP contribution in [0, 0.1) is 19.7 Å². The first-order valence-corrected chi connectivity index (χ1v) is 12.7. The molecule has 0 spiro atoms. The van der Waals surface area contributed by atoms with Crippen molar-refractivity contribution in [2.45, 2.75) is 37.9 Å². The second kappa shape index (κ2) is 10.1. The van der Waals surface area contributed by atoms with E-state index in [0.29, 0.717) is 22.8 Å². The Morgan fingerprint density at radius 1 is 1.11 bits per heavy atom. The van der Waals surface area contributed by atoms with E-state index in [1.165, 1.54) is 14.0 Å². The van der Waals surface area contributed by atoms with Crippen LogP contribution in [-0.4, -0.2) is 55.6 Å². The molecule has 3 aromatic heterocycles.